The van der Waals surface area contributed by atoms with E-state index in [0.29, 0.717) is 18.9 Å². The van der Waals surface area contributed by atoms with Crippen LogP contribution in [0, 0.1) is 5.92 Å². The molecule has 0 aromatic carbocycles. The van der Waals surface area contributed by atoms with E-state index in [0.717, 1.165) is 13.0 Å². The van der Waals surface area contributed by atoms with Crippen LogP contribution in [-0.4, -0.2) is 19.4 Å². The molecule has 0 spiro atoms. The molecule has 2 nitrogen and oxygen atoms in total. The second-order valence-corrected chi connectivity index (χ2v) is 2.55. The Morgan fingerprint density at radius 1 is 1.67 bits per heavy atom. The lowest BCUT2D eigenvalue weighted by molar-refractivity contribution is 0.180. The third-order valence-electron chi connectivity index (χ3n) is 1.79. The van der Waals surface area contributed by atoms with Gasteiger partial charge in [-0.3, -0.25) is 5.32 Å². The summed E-state index contributed by atoms with van der Waals surface area (Å²) in [6.45, 7) is 1.41. The third kappa shape index (κ3) is 1.91. The Morgan fingerprint density at radius 3 is 2.89 bits per heavy atom. The number of piperidine rings is 1. The average molecular weight is 132 g/mol. The summed E-state index contributed by atoms with van der Waals surface area (Å²) in [6.07, 6.45) is 0.806. The number of nitrogens with two attached hydrogens (primary N) is 1. The molecule has 54 valence electrons. The summed E-state index contributed by atoms with van der Waals surface area (Å²) in [6, 6.07) is 0. The van der Waals surface area contributed by atoms with Crippen molar-refractivity contribution in [1.82, 2.24) is 5.32 Å². The van der Waals surface area contributed by atoms with Gasteiger partial charge in [0.1, 0.15) is 0 Å². The second-order valence-electron chi connectivity index (χ2n) is 2.55. The predicted octanol–water partition coefficient (Wildman–Crippen LogP) is 0.240. The molecule has 1 rings (SSSR count). The van der Waals surface area contributed by atoms with Crippen molar-refractivity contribution in [2.45, 2.75) is 19.1 Å². The van der Waals surface area contributed by atoms with Gasteiger partial charge in [0.05, 0.1) is 0 Å². The van der Waals surface area contributed by atoms with Gasteiger partial charge in [-0.1, -0.05) is 0 Å². The van der Waals surface area contributed by atoms with E-state index >= 15 is 0 Å². The first-order valence-electron chi connectivity index (χ1n) is 3.40. The van der Waals surface area contributed by atoms with Gasteiger partial charge in [-0.2, -0.15) is 0 Å². The summed E-state index contributed by atoms with van der Waals surface area (Å²) < 4.78 is 12.5. The summed E-state index contributed by atoms with van der Waals surface area (Å²) in [5.74, 6) is 0.404. The highest BCUT2D eigenvalue weighted by atomic mass is 19.1. The summed E-state index contributed by atoms with van der Waals surface area (Å²) >= 11 is 0. The molecule has 0 aliphatic carbocycles. The molecule has 1 aliphatic heterocycles. The van der Waals surface area contributed by atoms with Crippen LogP contribution in [0.2, 0.25) is 0 Å². The van der Waals surface area contributed by atoms with Crippen molar-refractivity contribution in [3.8, 4) is 0 Å². The highest BCUT2D eigenvalue weighted by molar-refractivity contribution is 4.71. The van der Waals surface area contributed by atoms with E-state index in [9.17, 15) is 4.39 Å². The quantitative estimate of drug-likeness (QED) is 0.501. The van der Waals surface area contributed by atoms with Gasteiger partial charge in [0.15, 0.2) is 6.30 Å². The molecule has 0 aromatic heterocycles. The molecule has 0 bridgehead atoms. The largest absolute Gasteiger partial charge is 0.330 e. The van der Waals surface area contributed by atoms with Crippen molar-refractivity contribution in [2.75, 3.05) is 13.1 Å². The first-order valence-corrected chi connectivity index (χ1v) is 3.40. The third-order valence-corrected chi connectivity index (χ3v) is 1.79. The van der Waals surface area contributed by atoms with E-state index < -0.39 is 6.30 Å². The zero-order valence-corrected chi connectivity index (χ0v) is 5.44. The molecule has 3 N–H and O–H groups in total. The smallest absolute Gasteiger partial charge is 0.151 e. The van der Waals surface area contributed by atoms with Gasteiger partial charge in [-0.25, -0.2) is 4.39 Å². The van der Waals surface area contributed by atoms with Crippen LogP contribution in [0.5, 0.6) is 0 Å². The summed E-state index contributed by atoms with van der Waals surface area (Å²) in [5.41, 5.74) is 5.37. The van der Waals surface area contributed by atoms with Gasteiger partial charge in [0.2, 0.25) is 0 Å². The highest BCUT2D eigenvalue weighted by Crippen LogP contribution is 2.14. The van der Waals surface area contributed by atoms with Gasteiger partial charge < -0.3 is 5.73 Å². The molecule has 0 radical (unpaired) electrons. The van der Waals surface area contributed by atoms with Gasteiger partial charge >= 0.3 is 0 Å². The Bertz CT molecular complexity index is 87.1. The first-order chi connectivity index (χ1) is 4.33. The first kappa shape index (κ1) is 6.96. The fourth-order valence-corrected chi connectivity index (χ4v) is 1.15. The van der Waals surface area contributed by atoms with E-state index in [4.69, 9.17) is 5.73 Å². The Hall–Kier alpha value is -0.150. The molecule has 0 aromatic rings. The Balaban J connectivity index is 2.23. The molecule has 9 heavy (non-hydrogen) atoms. The maximum atomic E-state index is 12.5. The highest BCUT2D eigenvalue weighted by Gasteiger charge is 2.18. The molecule has 0 saturated carbocycles. The molecular formula is C6H13FN2. The molecule has 1 heterocycles. The molecular weight excluding hydrogens is 119 g/mol. The molecule has 3 heteroatoms. The van der Waals surface area contributed by atoms with E-state index in [1.807, 2.05) is 0 Å². The van der Waals surface area contributed by atoms with Crippen molar-refractivity contribution < 1.29 is 4.39 Å². The van der Waals surface area contributed by atoms with E-state index in [1.165, 1.54) is 0 Å². The topological polar surface area (TPSA) is 38.0 Å². The van der Waals surface area contributed by atoms with Crippen molar-refractivity contribution in [3.63, 3.8) is 0 Å². The van der Waals surface area contributed by atoms with Crippen molar-refractivity contribution >= 4 is 0 Å². The monoisotopic (exact) mass is 132 g/mol. The van der Waals surface area contributed by atoms with E-state index in [1.54, 1.807) is 0 Å². The SMILES string of the molecule is NCC1CCNC(F)C1. The average Bonchev–Trinajstić information content (AvgIpc) is 1.88. The van der Waals surface area contributed by atoms with Gasteiger partial charge in [0.25, 0.3) is 0 Å². The Labute approximate surface area is 54.6 Å². The van der Waals surface area contributed by atoms with Crippen LogP contribution >= 0.6 is 0 Å². The summed E-state index contributed by atoms with van der Waals surface area (Å²) in [4.78, 5) is 0. The summed E-state index contributed by atoms with van der Waals surface area (Å²) in [7, 11) is 0. The van der Waals surface area contributed by atoms with Crippen LogP contribution in [0.3, 0.4) is 0 Å². The lowest BCUT2D eigenvalue weighted by Gasteiger charge is -2.23. The molecule has 0 amide bonds. The number of halogens is 1. The number of alkyl halides is 1. The fourth-order valence-electron chi connectivity index (χ4n) is 1.15. The van der Waals surface area contributed by atoms with E-state index in [2.05, 4.69) is 5.32 Å². The number of rotatable bonds is 1. The minimum absolute atomic E-state index is 0.404. The van der Waals surface area contributed by atoms with Crippen LogP contribution in [0.15, 0.2) is 0 Å². The van der Waals surface area contributed by atoms with Gasteiger partial charge in [-0.15, -0.1) is 0 Å². The number of nitrogens with one attached hydrogen (secondary N) is 1. The van der Waals surface area contributed by atoms with Crippen LogP contribution in [0.4, 0.5) is 4.39 Å². The number of hydrogen-bond donors (Lipinski definition) is 2. The number of hydrogen-bond acceptors (Lipinski definition) is 2. The van der Waals surface area contributed by atoms with Crippen LogP contribution in [0.25, 0.3) is 0 Å². The minimum atomic E-state index is -0.813. The minimum Gasteiger partial charge on any atom is -0.330 e. The summed E-state index contributed by atoms with van der Waals surface area (Å²) in [5, 5.41) is 2.72. The van der Waals surface area contributed by atoms with Crippen molar-refractivity contribution in [2.24, 2.45) is 11.7 Å². The van der Waals surface area contributed by atoms with Crippen LogP contribution in [0.1, 0.15) is 12.8 Å². The maximum absolute atomic E-state index is 12.5. The van der Waals surface area contributed by atoms with Crippen LogP contribution in [-0.2, 0) is 0 Å². The molecule has 2 unspecified atom stereocenters. The molecule has 1 aliphatic rings. The van der Waals surface area contributed by atoms with Crippen molar-refractivity contribution in [3.05, 3.63) is 0 Å². The Kier molecular flexibility index (Phi) is 2.42. The normalized spacial score (nSPS) is 36.7. The van der Waals surface area contributed by atoms with Gasteiger partial charge in [0, 0.05) is 0 Å². The lowest BCUT2D eigenvalue weighted by atomic mass is 9.98. The molecule has 2 atom stereocenters. The predicted molar refractivity (Wildman–Crippen MR) is 34.7 cm³/mol. The standard InChI is InChI=1S/C6H13FN2/c7-6-3-5(4-8)1-2-9-6/h5-6,9H,1-4,8H2. The molecule has 1 saturated heterocycles. The fraction of sp³-hybridized carbons (Fsp3) is 1.00. The second kappa shape index (κ2) is 3.13. The Morgan fingerprint density at radius 2 is 2.44 bits per heavy atom. The zero-order valence-electron chi connectivity index (χ0n) is 5.44. The van der Waals surface area contributed by atoms with Crippen molar-refractivity contribution in [1.29, 1.82) is 0 Å². The lowest BCUT2D eigenvalue weighted by Crippen LogP contribution is -2.37. The zero-order chi connectivity index (χ0) is 6.69. The van der Waals surface area contributed by atoms with Gasteiger partial charge in [-0.05, 0) is 31.8 Å². The van der Waals surface area contributed by atoms with E-state index in [-0.39, 0.29) is 0 Å². The maximum Gasteiger partial charge on any atom is 0.151 e. The van der Waals surface area contributed by atoms with Crippen LogP contribution < -0.4 is 11.1 Å². The molecule has 1 fully saturated rings.